The van der Waals surface area contributed by atoms with Crippen LogP contribution in [0.5, 0.6) is 5.75 Å². The SMILES string of the molecule is CCOc1ccc(NC(=O)/C=C/c2cn(-c3ccccc3)nc2-c2cccnc2)c([N+](=O)[O-])c1. The van der Waals surface area contributed by atoms with Crippen molar-refractivity contribution in [2.75, 3.05) is 11.9 Å². The molecule has 9 nitrogen and oxygen atoms in total. The predicted octanol–water partition coefficient (Wildman–Crippen LogP) is 4.89. The second-order valence-electron chi connectivity index (χ2n) is 7.15. The summed E-state index contributed by atoms with van der Waals surface area (Å²) in [5.74, 6) is -0.158. The Morgan fingerprint density at radius 3 is 2.71 bits per heavy atom. The zero-order valence-corrected chi connectivity index (χ0v) is 18.3. The molecule has 2 aromatic heterocycles. The number of nitrogens with one attached hydrogen (secondary N) is 1. The standard InChI is InChI=1S/C25H21N5O4/c1-2-34-21-11-12-22(23(15-21)30(32)33)27-24(31)13-10-19-17-29(20-8-4-3-5-9-20)28-25(19)18-7-6-14-26-16-18/h3-17H,2H2,1H3,(H,27,31)/b13-10+. The first-order valence-corrected chi connectivity index (χ1v) is 10.5. The van der Waals surface area contributed by atoms with E-state index >= 15 is 0 Å². The van der Waals surface area contributed by atoms with Gasteiger partial charge in [0.25, 0.3) is 5.69 Å². The van der Waals surface area contributed by atoms with E-state index in [1.165, 1.54) is 18.2 Å². The van der Waals surface area contributed by atoms with Gasteiger partial charge >= 0.3 is 0 Å². The number of anilines is 1. The first-order chi connectivity index (χ1) is 16.5. The van der Waals surface area contributed by atoms with Crippen molar-refractivity contribution in [3.05, 3.63) is 101 Å². The fourth-order valence-corrected chi connectivity index (χ4v) is 3.31. The molecule has 0 aliphatic carbocycles. The van der Waals surface area contributed by atoms with Gasteiger partial charge in [-0.2, -0.15) is 5.10 Å². The molecule has 0 fully saturated rings. The van der Waals surface area contributed by atoms with Gasteiger partial charge in [-0.05, 0) is 49.4 Å². The number of amides is 1. The molecule has 2 heterocycles. The van der Waals surface area contributed by atoms with Crippen LogP contribution in [-0.2, 0) is 4.79 Å². The molecule has 1 amide bonds. The van der Waals surface area contributed by atoms with Crippen molar-refractivity contribution >= 4 is 23.4 Å². The monoisotopic (exact) mass is 455 g/mol. The Balaban J connectivity index is 1.62. The highest BCUT2D eigenvalue weighted by atomic mass is 16.6. The average Bonchev–Trinajstić information content (AvgIpc) is 3.29. The first kappa shape index (κ1) is 22.4. The molecule has 4 rings (SSSR count). The van der Waals surface area contributed by atoms with Crippen LogP contribution < -0.4 is 10.1 Å². The molecule has 0 bridgehead atoms. The summed E-state index contributed by atoms with van der Waals surface area (Å²) in [6.45, 7) is 2.16. The van der Waals surface area contributed by atoms with Gasteiger partial charge in [-0.1, -0.05) is 18.2 Å². The molecule has 0 aliphatic heterocycles. The van der Waals surface area contributed by atoms with Gasteiger partial charge in [0, 0.05) is 35.8 Å². The van der Waals surface area contributed by atoms with E-state index in [1.807, 2.05) is 42.5 Å². The van der Waals surface area contributed by atoms with Crippen molar-refractivity contribution in [3.8, 4) is 22.7 Å². The van der Waals surface area contributed by atoms with Gasteiger partial charge in [-0.3, -0.25) is 19.9 Å². The number of carbonyl (C=O) groups excluding carboxylic acids is 1. The van der Waals surface area contributed by atoms with E-state index in [2.05, 4.69) is 15.4 Å². The maximum Gasteiger partial charge on any atom is 0.296 e. The highest BCUT2D eigenvalue weighted by molar-refractivity contribution is 6.03. The molecule has 1 N–H and O–H groups in total. The quantitative estimate of drug-likeness (QED) is 0.230. The second-order valence-corrected chi connectivity index (χ2v) is 7.15. The second kappa shape index (κ2) is 10.2. The van der Waals surface area contributed by atoms with Crippen LogP contribution in [0, 0.1) is 10.1 Å². The van der Waals surface area contributed by atoms with E-state index < -0.39 is 10.8 Å². The Bertz CT molecular complexity index is 1330. The molecule has 0 radical (unpaired) electrons. The molecule has 170 valence electrons. The molecule has 0 spiro atoms. The number of hydrogen-bond acceptors (Lipinski definition) is 6. The molecular formula is C25H21N5O4. The molecule has 9 heteroatoms. The molecule has 0 saturated carbocycles. The largest absolute Gasteiger partial charge is 0.494 e. The first-order valence-electron chi connectivity index (χ1n) is 10.5. The number of nitro benzene ring substituents is 1. The third kappa shape index (κ3) is 5.16. The van der Waals surface area contributed by atoms with Crippen LogP contribution in [0.25, 0.3) is 23.0 Å². The van der Waals surface area contributed by atoms with Crippen LogP contribution in [0.1, 0.15) is 12.5 Å². The Morgan fingerprint density at radius 2 is 2.00 bits per heavy atom. The van der Waals surface area contributed by atoms with Crippen molar-refractivity contribution in [2.24, 2.45) is 0 Å². The lowest BCUT2D eigenvalue weighted by atomic mass is 10.1. The minimum atomic E-state index is -0.563. The van der Waals surface area contributed by atoms with Gasteiger partial charge in [0.15, 0.2) is 0 Å². The Hall–Kier alpha value is -4.79. The fourth-order valence-electron chi connectivity index (χ4n) is 3.31. The summed E-state index contributed by atoms with van der Waals surface area (Å²) < 4.78 is 7.03. The number of ether oxygens (including phenoxy) is 1. The van der Waals surface area contributed by atoms with Gasteiger partial charge in [-0.25, -0.2) is 4.68 Å². The van der Waals surface area contributed by atoms with E-state index in [-0.39, 0.29) is 11.4 Å². The average molecular weight is 455 g/mol. The minimum absolute atomic E-state index is 0.0792. The fraction of sp³-hybridized carbons (Fsp3) is 0.0800. The number of nitro groups is 1. The van der Waals surface area contributed by atoms with E-state index in [1.54, 1.807) is 42.3 Å². The summed E-state index contributed by atoms with van der Waals surface area (Å²) in [6, 6.07) is 17.6. The molecule has 4 aromatic rings. The normalized spacial score (nSPS) is 10.9. The number of aromatic nitrogens is 3. The van der Waals surface area contributed by atoms with Gasteiger partial charge in [-0.15, -0.1) is 0 Å². The number of pyridine rings is 1. The Morgan fingerprint density at radius 1 is 1.18 bits per heavy atom. The summed E-state index contributed by atoms with van der Waals surface area (Å²) in [5, 5.41) is 18.7. The summed E-state index contributed by atoms with van der Waals surface area (Å²) in [6.07, 6.45) is 8.10. The van der Waals surface area contributed by atoms with E-state index in [9.17, 15) is 14.9 Å². The van der Waals surface area contributed by atoms with Gasteiger partial charge in [0.1, 0.15) is 17.1 Å². The van der Waals surface area contributed by atoms with Crippen molar-refractivity contribution < 1.29 is 14.5 Å². The zero-order valence-electron chi connectivity index (χ0n) is 18.3. The molecule has 0 atom stereocenters. The Labute approximate surface area is 195 Å². The lowest BCUT2D eigenvalue weighted by molar-refractivity contribution is -0.384. The van der Waals surface area contributed by atoms with Gasteiger partial charge in [0.2, 0.25) is 5.91 Å². The summed E-state index contributed by atoms with van der Waals surface area (Å²) in [5.41, 5.74) is 2.82. The van der Waals surface area contributed by atoms with Crippen LogP contribution in [0.4, 0.5) is 11.4 Å². The molecule has 34 heavy (non-hydrogen) atoms. The highest BCUT2D eigenvalue weighted by Crippen LogP contribution is 2.29. The third-order valence-electron chi connectivity index (χ3n) is 4.85. The molecule has 2 aromatic carbocycles. The van der Waals surface area contributed by atoms with E-state index in [4.69, 9.17) is 4.74 Å². The number of carbonyl (C=O) groups is 1. The minimum Gasteiger partial charge on any atom is -0.494 e. The van der Waals surface area contributed by atoms with Crippen LogP contribution in [0.15, 0.2) is 85.3 Å². The number of benzene rings is 2. The van der Waals surface area contributed by atoms with Crippen LogP contribution in [-0.4, -0.2) is 32.2 Å². The Kier molecular flexibility index (Phi) is 6.73. The molecular weight excluding hydrogens is 434 g/mol. The molecule has 0 saturated heterocycles. The topological polar surface area (TPSA) is 112 Å². The van der Waals surface area contributed by atoms with Crippen molar-refractivity contribution in [3.63, 3.8) is 0 Å². The lowest BCUT2D eigenvalue weighted by Crippen LogP contribution is -2.09. The van der Waals surface area contributed by atoms with Crippen molar-refractivity contribution in [1.82, 2.24) is 14.8 Å². The van der Waals surface area contributed by atoms with E-state index in [0.29, 0.717) is 23.6 Å². The maximum atomic E-state index is 12.6. The summed E-state index contributed by atoms with van der Waals surface area (Å²) >= 11 is 0. The van der Waals surface area contributed by atoms with Crippen LogP contribution in [0.2, 0.25) is 0 Å². The third-order valence-corrected chi connectivity index (χ3v) is 4.85. The van der Waals surface area contributed by atoms with Gasteiger partial charge < -0.3 is 10.1 Å². The van der Waals surface area contributed by atoms with E-state index in [0.717, 1.165) is 11.3 Å². The predicted molar refractivity (Wildman–Crippen MR) is 129 cm³/mol. The number of rotatable bonds is 8. The molecule has 0 unspecified atom stereocenters. The zero-order chi connectivity index (χ0) is 23.9. The number of hydrogen-bond donors (Lipinski definition) is 1. The lowest BCUT2D eigenvalue weighted by Gasteiger charge is -2.07. The number of nitrogens with zero attached hydrogens (tertiary/aromatic N) is 4. The smallest absolute Gasteiger partial charge is 0.296 e. The van der Waals surface area contributed by atoms with Gasteiger partial charge in [0.05, 0.1) is 23.3 Å². The van der Waals surface area contributed by atoms with Crippen LogP contribution in [0.3, 0.4) is 0 Å². The van der Waals surface area contributed by atoms with Crippen LogP contribution >= 0.6 is 0 Å². The van der Waals surface area contributed by atoms with Crippen molar-refractivity contribution in [2.45, 2.75) is 6.92 Å². The summed E-state index contributed by atoms with van der Waals surface area (Å²) in [7, 11) is 0. The van der Waals surface area contributed by atoms with Crippen molar-refractivity contribution in [1.29, 1.82) is 0 Å². The highest BCUT2D eigenvalue weighted by Gasteiger charge is 2.17. The summed E-state index contributed by atoms with van der Waals surface area (Å²) in [4.78, 5) is 27.6. The maximum absolute atomic E-state index is 12.6. The number of para-hydroxylation sites is 1. The molecule has 0 aliphatic rings.